The normalized spacial score (nSPS) is 11.5. The topological polar surface area (TPSA) is 60.5 Å². The molecule has 0 aliphatic heterocycles. The number of hydrogen-bond acceptors (Lipinski definition) is 4. The van der Waals surface area contributed by atoms with Gasteiger partial charge in [-0.2, -0.15) is 0 Å². The lowest BCUT2D eigenvalue weighted by Crippen LogP contribution is -2.30. The molecule has 2 aromatic carbocycles. The number of amides is 1. The molecular weight excluding hydrogens is 399 g/mol. The molecule has 0 bridgehead atoms. The second-order valence-electron chi connectivity index (χ2n) is 6.00. The summed E-state index contributed by atoms with van der Waals surface area (Å²) in [4.78, 5) is 16.5. The SMILES string of the molecule is CC(Oc1ccc(Cl)cc1Cl)C(=O)Nc1cccc(OCc2cccnc2)c1. The number of anilines is 1. The quantitative estimate of drug-likeness (QED) is 0.561. The highest BCUT2D eigenvalue weighted by Crippen LogP contribution is 2.28. The third-order valence-electron chi connectivity index (χ3n) is 3.80. The van der Waals surface area contributed by atoms with E-state index in [1.807, 2.05) is 18.2 Å². The molecule has 1 amide bonds. The molecule has 1 heterocycles. The van der Waals surface area contributed by atoms with Crippen molar-refractivity contribution in [2.24, 2.45) is 0 Å². The maximum Gasteiger partial charge on any atom is 0.265 e. The third-order valence-corrected chi connectivity index (χ3v) is 4.33. The van der Waals surface area contributed by atoms with Crippen LogP contribution >= 0.6 is 23.2 Å². The zero-order chi connectivity index (χ0) is 19.9. The molecule has 0 saturated carbocycles. The summed E-state index contributed by atoms with van der Waals surface area (Å²) in [5.41, 5.74) is 1.56. The molecule has 144 valence electrons. The largest absolute Gasteiger partial charge is 0.489 e. The van der Waals surface area contributed by atoms with Crippen LogP contribution in [0.4, 0.5) is 5.69 Å². The van der Waals surface area contributed by atoms with Gasteiger partial charge in [0.05, 0.1) is 5.02 Å². The highest BCUT2D eigenvalue weighted by atomic mass is 35.5. The molecule has 0 spiro atoms. The first-order valence-electron chi connectivity index (χ1n) is 8.55. The first-order valence-corrected chi connectivity index (χ1v) is 9.31. The summed E-state index contributed by atoms with van der Waals surface area (Å²) >= 11 is 12.0. The molecule has 3 rings (SSSR count). The van der Waals surface area contributed by atoms with Crippen LogP contribution in [0.5, 0.6) is 11.5 Å². The van der Waals surface area contributed by atoms with Crippen molar-refractivity contribution in [1.29, 1.82) is 0 Å². The highest BCUT2D eigenvalue weighted by molar-refractivity contribution is 6.35. The lowest BCUT2D eigenvalue weighted by atomic mass is 10.2. The zero-order valence-electron chi connectivity index (χ0n) is 15.1. The zero-order valence-corrected chi connectivity index (χ0v) is 16.6. The smallest absolute Gasteiger partial charge is 0.265 e. The van der Waals surface area contributed by atoms with Crippen LogP contribution in [0.2, 0.25) is 10.0 Å². The number of halogens is 2. The Morgan fingerprint density at radius 1 is 1.14 bits per heavy atom. The van der Waals surface area contributed by atoms with E-state index in [1.165, 1.54) is 0 Å². The summed E-state index contributed by atoms with van der Waals surface area (Å²) in [6, 6.07) is 15.8. The molecule has 0 aliphatic rings. The number of ether oxygens (including phenoxy) is 2. The number of nitrogens with one attached hydrogen (secondary N) is 1. The Labute approximate surface area is 173 Å². The molecule has 1 unspecified atom stereocenters. The van der Waals surface area contributed by atoms with Crippen molar-refractivity contribution < 1.29 is 14.3 Å². The van der Waals surface area contributed by atoms with Gasteiger partial charge in [0, 0.05) is 34.7 Å². The lowest BCUT2D eigenvalue weighted by molar-refractivity contribution is -0.122. The van der Waals surface area contributed by atoms with Gasteiger partial charge in [-0.1, -0.05) is 35.3 Å². The van der Waals surface area contributed by atoms with E-state index in [1.54, 1.807) is 55.7 Å². The van der Waals surface area contributed by atoms with Gasteiger partial charge in [-0.25, -0.2) is 0 Å². The van der Waals surface area contributed by atoms with Crippen molar-refractivity contribution in [3.63, 3.8) is 0 Å². The van der Waals surface area contributed by atoms with E-state index in [-0.39, 0.29) is 5.91 Å². The van der Waals surface area contributed by atoms with E-state index in [2.05, 4.69) is 10.3 Å². The molecule has 1 N–H and O–H groups in total. The van der Waals surface area contributed by atoms with E-state index in [9.17, 15) is 4.79 Å². The van der Waals surface area contributed by atoms with E-state index in [0.717, 1.165) is 5.56 Å². The highest BCUT2D eigenvalue weighted by Gasteiger charge is 2.16. The minimum atomic E-state index is -0.751. The van der Waals surface area contributed by atoms with Crippen LogP contribution in [-0.2, 0) is 11.4 Å². The maximum absolute atomic E-state index is 12.4. The maximum atomic E-state index is 12.4. The molecule has 3 aromatic rings. The van der Waals surface area contributed by atoms with Crippen LogP contribution in [0.15, 0.2) is 67.0 Å². The Hall–Kier alpha value is -2.76. The predicted octanol–water partition coefficient (Wildman–Crippen LogP) is 5.37. The molecule has 0 saturated heterocycles. The van der Waals surface area contributed by atoms with Gasteiger partial charge in [0.15, 0.2) is 6.10 Å². The fourth-order valence-corrected chi connectivity index (χ4v) is 2.83. The molecule has 28 heavy (non-hydrogen) atoms. The summed E-state index contributed by atoms with van der Waals surface area (Å²) in [6.07, 6.45) is 2.70. The molecule has 1 atom stereocenters. The number of carbonyl (C=O) groups is 1. The molecule has 1 aromatic heterocycles. The Morgan fingerprint density at radius 3 is 2.75 bits per heavy atom. The number of carbonyl (C=O) groups excluding carboxylic acids is 1. The average Bonchev–Trinajstić information content (AvgIpc) is 2.69. The van der Waals surface area contributed by atoms with Gasteiger partial charge in [0.1, 0.15) is 18.1 Å². The van der Waals surface area contributed by atoms with Gasteiger partial charge < -0.3 is 14.8 Å². The van der Waals surface area contributed by atoms with Crippen molar-refractivity contribution >= 4 is 34.8 Å². The monoisotopic (exact) mass is 416 g/mol. The van der Waals surface area contributed by atoms with Crippen LogP contribution < -0.4 is 14.8 Å². The lowest BCUT2D eigenvalue weighted by Gasteiger charge is -2.16. The minimum absolute atomic E-state index is 0.310. The van der Waals surface area contributed by atoms with E-state index in [4.69, 9.17) is 32.7 Å². The van der Waals surface area contributed by atoms with E-state index >= 15 is 0 Å². The number of aromatic nitrogens is 1. The first-order chi connectivity index (χ1) is 13.5. The number of nitrogens with zero attached hydrogens (tertiary/aromatic N) is 1. The minimum Gasteiger partial charge on any atom is -0.489 e. The van der Waals surface area contributed by atoms with Crippen LogP contribution in [0.1, 0.15) is 12.5 Å². The molecule has 0 radical (unpaired) electrons. The van der Waals surface area contributed by atoms with Crippen LogP contribution in [0, 0.1) is 0 Å². The van der Waals surface area contributed by atoms with Gasteiger partial charge in [0.2, 0.25) is 0 Å². The molecule has 5 nitrogen and oxygen atoms in total. The van der Waals surface area contributed by atoms with Gasteiger partial charge in [-0.15, -0.1) is 0 Å². The summed E-state index contributed by atoms with van der Waals surface area (Å²) in [6.45, 7) is 2.03. The summed E-state index contributed by atoms with van der Waals surface area (Å²) in [5, 5.41) is 3.65. The van der Waals surface area contributed by atoms with Crippen molar-refractivity contribution in [1.82, 2.24) is 4.98 Å². The summed E-state index contributed by atoms with van der Waals surface area (Å²) < 4.78 is 11.4. The number of rotatable bonds is 7. The van der Waals surface area contributed by atoms with Gasteiger partial charge >= 0.3 is 0 Å². The Balaban J connectivity index is 1.58. The van der Waals surface area contributed by atoms with Crippen LogP contribution in [0.25, 0.3) is 0 Å². The van der Waals surface area contributed by atoms with Gasteiger partial charge in [0.25, 0.3) is 5.91 Å². The molecule has 7 heteroatoms. The van der Waals surface area contributed by atoms with Crippen LogP contribution in [0.3, 0.4) is 0 Å². The summed E-state index contributed by atoms with van der Waals surface area (Å²) in [7, 11) is 0. The Morgan fingerprint density at radius 2 is 2.00 bits per heavy atom. The van der Waals surface area contributed by atoms with Gasteiger partial charge in [-0.05, 0) is 43.3 Å². The standard InChI is InChI=1S/C21H18Cl2N2O3/c1-14(28-20-8-7-16(22)10-19(20)23)21(26)25-17-5-2-6-18(11-17)27-13-15-4-3-9-24-12-15/h2-12,14H,13H2,1H3,(H,25,26). The molecular formula is C21H18Cl2N2O3. The first kappa shape index (κ1) is 20.0. The van der Waals surface area contributed by atoms with Crippen molar-refractivity contribution in [2.45, 2.75) is 19.6 Å². The second-order valence-corrected chi connectivity index (χ2v) is 6.85. The second kappa shape index (κ2) is 9.44. The number of benzene rings is 2. The number of hydrogen-bond donors (Lipinski definition) is 1. The Kier molecular flexibility index (Phi) is 6.74. The summed E-state index contributed by atoms with van der Waals surface area (Å²) in [5.74, 6) is 0.716. The van der Waals surface area contributed by atoms with Crippen molar-refractivity contribution in [2.75, 3.05) is 5.32 Å². The van der Waals surface area contributed by atoms with Crippen LogP contribution in [-0.4, -0.2) is 17.0 Å². The fraction of sp³-hybridized carbons (Fsp3) is 0.143. The molecule has 0 aliphatic carbocycles. The van der Waals surface area contributed by atoms with E-state index in [0.29, 0.717) is 33.8 Å². The fourth-order valence-electron chi connectivity index (χ4n) is 2.37. The van der Waals surface area contributed by atoms with E-state index < -0.39 is 6.10 Å². The number of pyridine rings is 1. The van der Waals surface area contributed by atoms with Crippen molar-refractivity contribution in [3.05, 3.63) is 82.6 Å². The Bertz CT molecular complexity index is 951. The third kappa shape index (κ3) is 5.62. The van der Waals surface area contributed by atoms with Gasteiger partial charge in [-0.3, -0.25) is 9.78 Å². The average molecular weight is 417 g/mol. The molecule has 0 fully saturated rings. The predicted molar refractivity (Wildman–Crippen MR) is 110 cm³/mol. The van der Waals surface area contributed by atoms with Crippen molar-refractivity contribution in [3.8, 4) is 11.5 Å².